The Morgan fingerprint density at radius 2 is 1.40 bits per heavy atom. The maximum absolute atomic E-state index is 8.50. The first-order valence-corrected chi connectivity index (χ1v) is 7.35. The lowest BCUT2D eigenvalue weighted by Crippen LogP contribution is -2.23. The van der Waals surface area contributed by atoms with Crippen LogP contribution in [0.15, 0.2) is 0 Å². The number of alkyl halides is 1. The maximum atomic E-state index is 8.50. The fraction of sp³-hybridized carbons (Fsp3) is 1.00. The minimum Gasteiger partial charge on any atom is -0.396 e. The lowest BCUT2D eigenvalue weighted by molar-refractivity contribution is 0.117. The van der Waals surface area contributed by atoms with E-state index in [2.05, 4.69) is 36.4 Å². The molecular formula is C13H27IO. The van der Waals surface area contributed by atoms with Gasteiger partial charge in [0.05, 0.1) is 0 Å². The first-order chi connectivity index (χ1) is 6.65. The zero-order valence-electron chi connectivity index (χ0n) is 9.38. The molecule has 1 N–H and O–H groups in total. The van der Waals surface area contributed by atoms with Crippen LogP contribution in [-0.4, -0.2) is 16.1 Å². The quantitative estimate of drug-likeness (QED) is 0.598. The lowest BCUT2D eigenvalue weighted by atomic mass is 9.77. The van der Waals surface area contributed by atoms with E-state index in [0.29, 0.717) is 12.5 Å². The largest absolute Gasteiger partial charge is 0.396 e. The van der Waals surface area contributed by atoms with Crippen molar-refractivity contribution in [3.8, 4) is 0 Å². The Hall–Kier alpha value is 0.690. The zero-order chi connectivity index (χ0) is 10.6. The van der Waals surface area contributed by atoms with E-state index in [1.807, 2.05) is 0 Å². The first kappa shape index (κ1) is 15.7. The molecule has 0 aromatic heterocycles. The van der Waals surface area contributed by atoms with E-state index in [1.165, 1.54) is 30.1 Å². The Labute approximate surface area is 109 Å². The third kappa shape index (κ3) is 5.53. The van der Waals surface area contributed by atoms with Crippen LogP contribution in [0.1, 0.15) is 47.0 Å². The predicted octanol–water partition coefficient (Wildman–Crippen LogP) is 4.13. The second-order valence-electron chi connectivity index (χ2n) is 5.22. The number of hydrogen-bond donors (Lipinski definition) is 1. The minimum atomic E-state index is 0. The van der Waals surface area contributed by atoms with Crippen molar-refractivity contribution < 1.29 is 5.11 Å². The van der Waals surface area contributed by atoms with Gasteiger partial charge in [-0.05, 0) is 49.4 Å². The highest BCUT2D eigenvalue weighted by molar-refractivity contribution is 14.1. The SMILES string of the molecule is C.CC1CC(CI)C1.CC1CC(CO)C1. The Balaban J connectivity index is 0.000000245. The number of halogens is 1. The number of aliphatic hydroxyl groups is 1. The summed E-state index contributed by atoms with van der Waals surface area (Å²) in [6.07, 6.45) is 5.47. The molecule has 2 heteroatoms. The molecule has 0 saturated heterocycles. The molecule has 0 radical (unpaired) electrons. The standard InChI is InChI=1S/C6H11I.C6H12O.CH4/c2*1-5-2-6(3-5)4-7;/h5-6H,2-4H2,1H3;5-7H,2-4H2,1H3;1H4. The van der Waals surface area contributed by atoms with Gasteiger partial charge in [-0.3, -0.25) is 0 Å². The molecule has 0 aromatic carbocycles. The van der Waals surface area contributed by atoms with Crippen LogP contribution in [0.4, 0.5) is 0 Å². The highest BCUT2D eigenvalue weighted by Gasteiger charge is 2.24. The monoisotopic (exact) mass is 326 g/mol. The van der Waals surface area contributed by atoms with Crippen molar-refractivity contribution in [2.45, 2.75) is 47.0 Å². The van der Waals surface area contributed by atoms with Crippen molar-refractivity contribution in [3.05, 3.63) is 0 Å². The summed E-state index contributed by atoms with van der Waals surface area (Å²) in [6, 6.07) is 0. The van der Waals surface area contributed by atoms with Crippen LogP contribution >= 0.6 is 22.6 Å². The summed E-state index contributed by atoms with van der Waals surface area (Å²) in [4.78, 5) is 0. The molecule has 0 aromatic rings. The smallest absolute Gasteiger partial charge is 0.0459 e. The summed E-state index contributed by atoms with van der Waals surface area (Å²) < 4.78 is 1.38. The average molecular weight is 326 g/mol. The molecule has 0 unspecified atom stereocenters. The van der Waals surface area contributed by atoms with Crippen LogP contribution in [0.2, 0.25) is 0 Å². The Morgan fingerprint density at radius 1 is 1.00 bits per heavy atom. The molecule has 0 heterocycles. The zero-order valence-corrected chi connectivity index (χ0v) is 11.5. The fourth-order valence-corrected chi connectivity index (χ4v) is 3.13. The summed E-state index contributed by atoms with van der Waals surface area (Å²) >= 11 is 2.47. The van der Waals surface area contributed by atoms with E-state index in [0.717, 1.165) is 17.8 Å². The second-order valence-corrected chi connectivity index (χ2v) is 6.10. The van der Waals surface area contributed by atoms with Crippen LogP contribution in [0.5, 0.6) is 0 Å². The molecule has 0 aliphatic heterocycles. The van der Waals surface area contributed by atoms with E-state index >= 15 is 0 Å². The molecule has 2 aliphatic rings. The molecule has 0 bridgehead atoms. The van der Waals surface area contributed by atoms with Gasteiger partial charge in [-0.25, -0.2) is 0 Å². The van der Waals surface area contributed by atoms with Gasteiger partial charge in [-0.15, -0.1) is 0 Å². The predicted molar refractivity (Wildman–Crippen MR) is 76.5 cm³/mol. The molecule has 2 saturated carbocycles. The van der Waals surface area contributed by atoms with E-state index in [4.69, 9.17) is 5.11 Å². The van der Waals surface area contributed by atoms with Gasteiger partial charge in [0.15, 0.2) is 0 Å². The molecule has 0 spiro atoms. The van der Waals surface area contributed by atoms with Crippen LogP contribution in [0.25, 0.3) is 0 Å². The van der Waals surface area contributed by atoms with Crippen LogP contribution in [-0.2, 0) is 0 Å². The molecule has 92 valence electrons. The minimum absolute atomic E-state index is 0. The van der Waals surface area contributed by atoms with Gasteiger partial charge in [0.25, 0.3) is 0 Å². The van der Waals surface area contributed by atoms with Crippen LogP contribution in [0, 0.1) is 23.7 Å². The molecule has 0 amide bonds. The molecule has 2 fully saturated rings. The van der Waals surface area contributed by atoms with Gasteiger partial charge in [-0.1, -0.05) is 43.9 Å². The summed E-state index contributed by atoms with van der Waals surface area (Å²) in [5, 5.41) is 8.50. The van der Waals surface area contributed by atoms with Crippen molar-refractivity contribution in [2.75, 3.05) is 11.0 Å². The second kappa shape index (κ2) is 7.88. The maximum Gasteiger partial charge on any atom is 0.0459 e. The van der Waals surface area contributed by atoms with Gasteiger partial charge < -0.3 is 5.11 Å². The Morgan fingerprint density at radius 3 is 1.53 bits per heavy atom. The highest BCUT2D eigenvalue weighted by atomic mass is 127. The van der Waals surface area contributed by atoms with E-state index in [-0.39, 0.29) is 7.43 Å². The average Bonchev–Trinajstić information content (AvgIpc) is 2.08. The van der Waals surface area contributed by atoms with E-state index in [1.54, 1.807) is 0 Å². The molecule has 2 aliphatic carbocycles. The molecular weight excluding hydrogens is 299 g/mol. The molecule has 2 rings (SSSR count). The van der Waals surface area contributed by atoms with Crippen molar-refractivity contribution in [3.63, 3.8) is 0 Å². The summed E-state index contributed by atoms with van der Waals surface area (Å²) in [7, 11) is 0. The molecule has 15 heavy (non-hydrogen) atoms. The topological polar surface area (TPSA) is 20.2 Å². The summed E-state index contributed by atoms with van der Waals surface area (Å²) in [5.74, 6) is 3.66. The van der Waals surface area contributed by atoms with Crippen molar-refractivity contribution in [1.82, 2.24) is 0 Å². The van der Waals surface area contributed by atoms with Crippen molar-refractivity contribution in [1.29, 1.82) is 0 Å². The van der Waals surface area contributed by atoms with Crippen molar-refractivity contribution >= 4 is 22.6 Å². The van der Waals surface area contributed by atoms with Gasteiger partial charge in [0.2, 0.25) is 0 Å². The highest BCUT2D eigenvalue weighted by Crippen LogP contribution is 2.34. The molecule has 1 nitrogen and oxygen atoms in total. The Bertz CT molecular complexity index is 131. The van der Waals surface area contributed by atoms with Gasteiger partial charge >= 0.3 is 0 Å². The lowest BCUT2D eigenvalue weighted by Gasteiger charge is -2.30. The summed E-state index contributed by atoms with van der Waals surface area (Å²) in [5.41, 5.74) is 0. The van der Waals surface area contributed by atoms with Gasteiger partial charge in [0.1, 0.15) is 0 Å². The molecule has 0 atom stereocenters. The van der Waals surface area contributed by atoms with E-state index in [9.17, 15) is 0 Å². The van der Waals surface area contributed by atoms with Gasteiger partial charge in [0, 0.05) is 11.0 Å². The normalized spacial score (nSPS) is 37.6. The first-order valence-electron chi connectivity index (χ1n) is 5.82. The number of rotatable bonds is 2. The van der Waals surface area contributed by atoms with E-state index < -0.39 is 0 Å². The van der Waals surface area contributed by atoms with Gasteiger partial charge in [-0.2, -0.15) is 0 Å². The van der Waals surface area contributed by atoms with Crippen LogP contribution < -0.4 is 0 Å². The van der Waals surface area contributed by atoms with Crippen LogP contribution in [0.3, 0.4) is 0 Å². The van der Waals surface area contributed by atoms with Crippen molar-refractivity contribution in [2.24, 2.45) is 23.7 Å². The fourth-order valence-electron chi connectivity index (χ4n) is 2.41. The third-order valence-corrected chi connectivity index (χ3v) is 4.66. The number of aliphatic hydroxyl groups excluding tert-OH is 1. The Kier molecular flexibility index (Phi) is 8.24. The summed E-state index contributed by atoms with van der Waals surface area (Å²) in [6.45, 7) is 4.97. The number of hydrogen-bond acceptors (Lipinski definition) is 1. The third-order valence-electron chi connectivity index (χ3n) is 3.42.